The van der Waals surface area contributed by atoms with Crippen molar-refractivity contribution in [3.63, 3.8) is 0 Å². The first-order chi connectivity index (χ1) is 14.4. The SMILES string of the molecule is Cc1c(C(=O)NC[C@H](C)O)sc2nc3n(c(=O)c12)CCN(Cc1ccccc1)CC3. The Kier molecular flexibility index (Phi) is 5.99. The van der Waals surface area contributed by atoms with Gasteiger partial charge < -0.3 is 10.4 Å². The average Bonchev–Trinajstić information content (AvgIpc) is 2.92. The van der Waals surface area contributed by atoms with Crippen LogP contribution in [0.1, 0.15) is 33.5 Å². The van der Waals surface area contributed by atoms with E-state index in [0.717, 1.165) is 25.5 Å². The molecule has 0 spiro atoms. The van der Waals surface area contributed by atoms with Crippen LogP contribution in [-0.2, 0) is 19.5 Å². The summed E-state index contributed by atoms with van der Waals surface area (Å²) >= 11 is 1.25. The Morgan fingerprint density at radius 3 is 2.77 bits per heavy atom. The van der Waals surface area contributed by atoms with E-state index in [1.54, 1.807) is 18.4 Å². The number of aliphatic hydroxyl groups is 1. The van der Waals surface area contributed by atoms with Crippen molar-refractivity contribution in [2.45, 2.75) is 39.5 Å². The monoisotopic (exact) mass is 426 g/mol. The summed E-state index contributed by atoms with van der Waals surface area (Å²) in [5, 5.41) is 12.6. The highest BCUT2D eigenvalue weighted by Gasteiger charge is 2.23. The third-order valence-corrected chi connectivity index (χ3v) is 6.62. The van der Waals surface area contributed by atoms with E-state index in [1.165, 1.54) is 16.9 Å². The number of fused-ring (bicyclic) bond motifs is 2. The fourth-order valence-corrected chi connectivity index (χ4v) is 4.94. The number of amides is 1. The first-order valence-corrected chi connectivity index (χ1v) is 11.0. The smallest absolute Gasteiger partial charge is 0.262 e. The normalized spacial score (nSPS) is 15.6. The number of aryl methyl sites for hydroxylation is 1. The number of benzene rings is 1. The molecular formula is C22H26N4O3S. The summed E-state index contributed by atoms with van der Waals surface area (Å²) in [6.45, 7) is 6.63. The fourth-order valence-electron chi connectivity index (χ4n) is 3.83. The van der Waals surface area contributed by atoms with Crippen molar-refractivity contribution in [2.24, 2.45) is 0 Å². The molecule has 1 amide bonds. The quantitative estimate of drug-likeness (QED) is 0.651. The Bertz CT molecular complexity index is 1120. The molecule has 8 heteroatoms. The number of carbonyl (C=O) groups excluding carboxylic acids is 1. The van der Waals surface area contributed by atoms with Crippen LogP contribution in [0.2, 0.25) is 0 Å². The van der Waals surface area contributed by atoms with Crippen molar-refractivity contribution in [1.82, 2.24) is 19.8 Å². The molecule has 0 fully saturated rings. The minimum absolute atomic E-state index is 0.0695. The van der Waals surface area contributed by atoms with Crippen molar-refractivity contribution in [2.75, 3.05) is 19.6 Å². The Morgan fingerprint density at radius 2 is 2.03 bits per heavy atom. The van der Waals surface area contributed by atoms with Crippen molar-refractivity contribution in [1.29, 1.82) is 0 Å². The third kappa shape index (κ3) is 4.16. The largest absolute Gasteiger partial charge is 0.392 e. The van der Waals surface area contributed by atoms with E-state index in [0.29, 0.717) is 33.6 Å². The topological polar surface area (TPSA) is 87.5 Å². The van der Waals surface area contributed by atoms with Crippen LogP contribution in [-0.4, -0.2) is 51.2 Å². The summed E-state index contributed by atoms with van der Waals surface area (Å²) in [7, 11) is 0. The second-order valence-electron chi connectivity index (χ2n) is 7.79. The standard InChI is InChI=1S/C22H26N4O3S/c1-14(27)12-23-20(28)19-15(2)18-21(30-19)24-17-8-9-25(10-11-26(17)22(18)29)13-16-6-4-3-5-7-16/h3-7,14,27H,8-13H2,1-2H3,(H,23,28)/t14-/m0/s1. The van der Waals surface area contributed by atoms with Crippen LogP contribution in [0.3, 0.4) is 0 Å². The van der Waals surface area contributed by atoms with Crippen LogP contribution in [0.25, 0.3) is 10.2 Å². The van der Waals surface area contributed by atoms with Crippen LogP contribution < -0.4 is 10.9 Å². The summed E-state index contributed by atoms with van der Waals surface area (Å²) in [6.07, 6.45) is 0.0701. The van der Waals surface area contributed by atoms with Crippen molar-refractivity contribution < 1.29 is 9.90 Å². The van der Waals surface area contributed by atoms with Crippen LogP contribution >= 0.6 is 11.3 Å². The molecule has 0 bridgehead atoms. The number of rotatable bonds is 5. The fraction of sp³-hybridized carbons (Fsp3) is 0.409. The van der Waals surface area contributed by atoms with E-state index in [1.807, 2.05) is 18.2 Å². The number of aromatic nitrogens is 2. The third-order valence-electron chi connectivity index (χ3n) is 5.43. The van der Waals surface area contributed by atoms with Crippen LogP contribution in [0.4, 0.5) is 0 Å². The highest BCUT2D eigenvalue weighted by Crippen LogP contribution is 2.28. The number of hydrogen-bond donors (Lipinski definition) is 2. The molecule has 2 aromatic heterocycles. The minimum Gasteiger partial charge on any atom is -0.392 e. The lowest BCUT2D eigenvalue weighted by Crippen LogP contribution is -2.30. The molecule has 4 rings (SSSR count). The second-order valence-corrected chi connectivity index (χ2v) is 8.79. The summed E-state index contributed by atoms with van der Waals surface area (Å²) in [6, 6.07) is 10.3. The van der Waals surface area contributed by atoms with E-state index >= 15 is 0 Å². The number of nitrogens with one attached hydrogen (secondary N) is 1. The van der Waals surface area contributed by atoms with Gasteiger partial charge in [-0.15, -0.1) is 11.3 Å². The predicted molar refractivity (Wildman–Crippen MR) is 118 cm³/mol. The Hall–Kier alpha value is -2.55. The maximum atomic E-state index is 13.3. The summed E-state index contributed by atoms with van der Waals surface area (Å²) < 4.78 is 1.77. The summed E-state index contributed by atoms with van der Waals surface area (Å²) in [4.78, 5) is 34.0. The summed E-state index contributed by atoms with van der Waals surface area (Å²) in [5.74, 6) is 0.505. The average molecular weight is 427 g/mol. The molecule has 0 saturated carbocycles. The predicted octanol–water partition coefficient (Wildman–Crippen LogP) is 1.94. The Balaban J connectivity index is 1.60. The van der Waals surface area contributed by atoms with Gasteiger partial charge in [0.1, 0.15) is 10.7 Å². The van der Waals surface area contributed by atoms with Gasteiger partial charge >= 0.3 is 0 Å². The number of hydrogen-bond acceptors (Lipinski definition) is 6. The van der Waals surface area contributed by atoms with E-state index in [4.69, 9.17) is 4.98 Å². The zero-order valence-electron chi connectivity index (χ0n) is 17.2. The molecule has 3 heterocycles. The summed E-state index contributed by atoms with van der Waals surface area (Å²) in [5.41, 5.74) is 1.85. The van der Waals surface area contributed by atoms with Gasteiger partial charge in [0.25, 0.3) is 11.5 Å². The maximum Gasteiger partial charge on any atom is 0.262 e. The number of aliphatic hydroxyl groups excluding tert-OH is 1. The van der Waals surface area contributed by atoms with Gasteiger partial charge in [-0.25, -0.2) is 4.98 Å². The first kappa shape index (κ1) is 20.7. The number of carbonyl (C=O) groups is 1. The zero-order chi connectivity index (χ0) is 21.3. The molecular weight excluding hydrogens is 400 g/mol. The molecule has 158 valence electrons. The van der Waals surface area contributed by atoms with E-state index in [9.17, 15) is 14.7 Å². The van der Waals surface area contributed by atoms with Gasteiger partial charge in [0.2, 0.25) is 0 Å². The lowest BCUT2D eigenvalue weighted by molar-refractivity contribution is 0.0927. The zero-order valence-corrected chi connectivity index (χ0v) is 18.0. The minimum atomic E-state index is -0.623. The molecule has 1 aliphatic rings. The lowest BCUT2D eigenvalue weighted by Gasteiger charge is -2.19. The van der Waals surface area contributed by atoms with Gasteiger partial charge in [-0.2, -0.15) is 0 Å². The van der Waals surface area contributed by atoms with Gasteiger partial charge in [0, 0.05) is 39.1 Å². The van der Waals surface area contributed by atoms with Crippen molar-refractivity contribution in [3.8, 4) is 0 Å². The highest BCUT2D eigenvalue weighted by atomic mass is 32.1. The molecule has 1 aliphatic heterocycles. The molecule has 1 aromatic carbocycles. The lowest BCUT2D eigenvalue weighted by atomic mass is 10.2. The number of thiophene rings is 1. The highest BCUT2D eigenvalue weighted by molar-refractivity contribution is 7.20. The molecule has 0 aliphatic carbocycles. The number of nitrogens with zero attached hydrogens (tertiary/aromatic N) is 3. The van der Waals surface area contributed by atoms with Crippen LogP contribution in [0.15, 0.2) is 35.1 Å². The molecule has 1 atom stereocenters. The molecule has 0 unspecified atom stereocenters. The maximum absolute atomic E-state index is 13.3. The van der Waals surface area contributed by atoms with Crippen LogP contribution in [0.5, 0.6) is 0 Å². The van der Waals surface area contributed by atoms with Gasteiger partial charge in [-0.3, -0.25) is 19.1 Å². The molecule has 3 aromatic rings. The molecule has 30 heavy (non-hydrogen) atoms. The first-order valence-electron chi connectivity index (χ1n) is 10.2. The van der Waals surface area contributed by atoms with Gasteiger partial charge in [0.05, 0.1) is 16.4 Å². The molecule has 2 N–H and O–H groups in total. The van der Waals surface area contributed by atoms with Gasteiger partial charge in [0.15, 0.2) is 0 Å². The van der Waals surface area contributed by atoms with Gasteiger partial charge in [-0.05, 0) is 25.0 Å². The molecule has 0 radical (unpaired) electrons. The van der Waals surface area contributed by atoms with Crippen molar-refractivity contribution >= 4 is 27.5 Å². The second kappa shape index (κ2) is 8.67. The van der Waals surface area contributed by atoms with E-state index in [-0.39, 0.29) is 18.0 Å². The Labute approximate surface area is 179 Å². The van der Waals surface area contributed by atoms with E-state index in [2.05, 4.69) is 22.3 Å². The molecule has 7 nitrogen and oxygen atoms in total. The van der Waals surface area contributed by atoms with E-state index < -0.39 is 6.10 Å². The Morgan fingerprint density at radius 1 is 1.27 bits per heavy atom. The van der Waals surface area contributed by atoms with Crippen LogP contribution in [0, 0.1) is 6.92 Å². The van der Waals surface area contributed by atoms with Gasteiger partial charge in [-0.1, -0.05) is 30.3 Å². The van der Waals surface area contributed by atoms with Crippen molar-refractivity contribution in [3.05, 3.63) is 62.5 Å². The molecule has 0 saturated heterocycles.